The molecule has 5 aromatic rings. The SMILES string of the molecule is CC(C)(C)c1ccc(-c2ccc3c(N=Nc4cccc(-c5cccc(C(=O)O)c5)c4O)c(O)[nH]c3c2)cc1. The molecule has 7 nitrogen and oxygen atoms in total. The number of aromatic hydroxyl groups is 2. The molecule has 4 N–H and O–H groups in total. The molecule has 38 heavy (non-hydrogen) atoms. The number of phenolic OH excluding ortho intramolecular Hbond substituents is 1. The second-order valence-electron chi connectivity index (χ2n) is 10.2. The summed E-state index contributed by atoms with van der Waals surface area (Å²) in [6, 6.07) is 25.5. The lowest BCUT2D eigenvalue weighted by molar-refractivity contribution is 0.0697. The highest BCUT2D eigenvalue weighted by Gasteiger charge is 2.16. The number of aromatic amines is 1. The Morgan fingerprint density at radius 3 is 2.21 bits per heavy atom. The van der Waals surface area contributed by atoms with Crippen molar-refractivity contribution in [2.24, 2.45) is 10.2 Å². The van der Waals surface area contributed by atoms with Gasteiger partial charge in [0.05, 0.1) is 11.1 Å². The van der Waals surface area contributed by atoms with Gasteiger partial charge in [0.15, 0.2) is 11.4 Å². The highest BCUT2D eigenvalue weighted by atomic mass is 16.4. The highest BCUT2D eigenvalue weighted by molar-refractivity contribution is 5.96. The molecule has 0 atom stereocenters. The van der Waals surface area contributed by atoms with Gasteiger partial charge in [-0.2, -0.15) is 0 Å². The first kappa shape index (κ1) is 24.8. The van der Waals surface area contributed by atoms with Crippen LogP contribution in [0.5, 0.6) is 11.6 Å². The van der Waals surface area contributed by atoms with E-state index in [-0.39, 0.29) is 34.0 Å². The lowest BCUT2D eigenvalue weighted by atomic mass is 9.86. The van der Waals surface area contributed by atoms with Gasteiger partial charge in [-0.15, -0.1) is 10.2 Å². The lowest BCUT2D eigenvalue weighted by Crippen LogP contribution is -2.10. The van der Waals surface area contributed by atoms with Crippen LogP contribution in [0.2, 0.25) is 0 Å². The third-order valence-electron chi connectivity index (χ3n) is 6.53. The molecule has 0 bridgehead atoms. The number of carboxylic acids is 1. The third kappa shape index (κ3) is 4.74. The monoisotopic (exact) mass is 505 g/mol. The van der Waals surface area contributed by atoms with Crippen LogP contribution in [0.15, 0.2) is 95.2 Å². The van der Waals surface area contributed by atoms with Gasteiger partial charge >= 0.3 is 5.97 Å². The van der Waals surface area contributed by atoms with E-state index in [1.54, 1.807) is 30.3 Å². The maximum atomic E-state index is 11.3. The Balaban J connectivity index is 1.46. The number of aromatic carboxylic acids is 1. The zero-order valence-corrected chi connectivity index (χ0v) is 21.2. The van der Waals surface area contributed by atoms with E-state index < -0.39 is 5.97 Å². The number of nitrogens with zero attached hydrogens (tertiary/aromatic N) is 2. The summed E-state index contributed by atoms with van der Waals surface area (Å²) in [6.07, 6.45) is 0. The minimum atomic E-state index is -1.05. The zero-order chi connectivity index (χ0) is 27.0. The number of benzene rings is 4. The number of hydrogen-bond donors (Lipinski definition) is 4. The summed E-state index contributed by atoms with van der Waals surface area (Å²) in [5.74, 6) is -1.32. The average Bonchev–Trinajstić information content (AvgIpc) is 3.21. The van der Waals surface area contributed by atoms with Crippen LogP contribution in [-0.4, -0.2) is 26.3 Å². The molecule has 0 saturated heterocycles. The minimum Gasteiger partial charge on any atom is -0.505 e. The molecule has 0 aliphatic rings. The molecule has 7 heteroatoms. The normalized spacial score (nSPS) is 11.9. The second-order valence-corrected chi connectivity index (χ2v) is 10.2. The summed E-state index contributed by atoms with van der Waals surface area (Å²) in [6.45, 7) is 6.54. The van der Waals surface area contributed by atoms with Crippen LogP contribution in [0.3, 0.4) is 0 Å². The quantitative estimate of drug-likeness (QED) is 0.180. The minimum absolute atomic E-state index is 0.0735. The van der Waals surface area contributed by atoms with Crippen molar-refractivity contribution in [1.29, 1.82) is 0 Å². The maximum Gasteiger partial charge on any atom is 0.335 e. The Hall–Kier alpha value is -4.91. The van der Waals surface area contributed by atoms with E-state index in [1.807, 2.05) is 18.2 Å². The van der Waals surface area contributed by atoms with E-state index in [0.29, 0.717) is 22.0 Å². The molecule has 0 spiro atoms. The van der Waals surface area contributed by atoms with Crippen LogP contribution in [-0.2, 0) is 5.41 Å². The van der Waals surface area contributed by atoms with E-state index in [2.05, 4.69) is 60.2 Å². The number of azo groups is 1. The molecule has 0 amide bonds. The number of fused-ring (bicyclic) bond motifs is 1. The fourth-order valence-corrected chi connectivity index (χ4v) is 4.38. The Morgan fingerprint density at radius 1 is 0.789 bits per heavy atom. The first-order chi connectivity index (χ1) is 18.1. The van der Waals surface area contributed by atoms with Crippen LogP contribution < -0.4 is 0 Å². The largest absolute Gasteiger partial charge is 0.505 e. The van der Waals surface area contributed by atoms with Gasteiger partial charge in [0.25, 0.3) is 0 Å². The Kier molecular flexibility index (Phi) is 6.20. The molecule has 190 valence electrons. The number of para-hydroxylation sites is 1. The molecule has 5 rings (SSSR count). The summed E-state index contributed by atoms with van der Waals surface area (Å²) < 4.78 is 0. The Labute approximate surface area is 219 Å². The fraction of sp³-hybridized carbons (Fsp3) is 0.129. The molecule has 0 saturated carbocycles. The predicted octanol–water partition coefficient (Wildman–Crippen LogP) is 8.32. The number of aromatic nitrogens is 1. The number of H-pyrrole nitrogens is 1. The first-order valence-electron chi connectivity index (χ1n) is 12.1. The summed E-state index contributed by atoms with van der Waals surface area (Å²) in [5.41, 5.74) is 5.61. The van der Waals surface area contributed by atoms with E-state index in [1.165, 1.54) is 17.7 Å². The molecule has 1 aromatic heterocycles. The molecular weight excluding hydrogens is 478 g/mol. The van der Waals surface area contributed by atoms with Gasteiger partial charge in [-0.25, -0.2) is 4.79 Å². The first-order valence-corrected chi connectivity index (χ1v) is 12.1. The van der Waals surface area contributed by atoms with Crippen molar-refractivity contribution >= 4 is 28.2 Å². The van der Waals surface area contributed by atoms with Crippen molar-refractivity contribution < 1.29 is 20.1 Å². The summed E-state index contributed by atoms with van der Waals surface area (Å²) in [7, 11) is 0. The number of rotatable bonds is 5. The Morgan fingerprint density at radius 2 is 1.50 bits per heavy atom. The van der Waals surface area contributed by atoms with Gasteiger partial charge in [0.2, 0.25) is 5.88 Å². The lowest BCUT2D eigenvalue weighted by Gasteiger charge is -2.19. The van der Waals surface area contributed by atoms with E-state index in [0.717, 1.165) is 11.1 Å². The third-order valence-corrected chi connectivity index (χ3v) is 6.53. The van der Waals surface area contributed by atoms with Crippen LogP contribution in [0.4, 0.5) is 11.4 Å². The zero-order valence-electron chi connectivity index (χ0n) is 21.2. The Bertz CT molecular complexity index is 1690. The van der Waals surface area contributed by atoms with Gasteiger partial charge in [-0.05, 0) is 58.0 Å². The van der Waals surface area contributed by atoms with E-state index in [4.69, 9.17) is 0 Å². The van der Waals surface area contributed by atoms with Gasteiger partial charge < -0.3 is 20.3 Å². The topological polar surface area (TPSA) is 118 Å². The summed E-state index contributed by atoms with van der Waals surface area (Å²) in [4.78, 5) is 14.3. The van der Waals surface area contributed by atoms with E-state index >= 15 is 0 Å². The molecule has 0 aliphatic heterocycles. The molecule has 0 unspecified atom stereocenters. The molecule has 0 fully saturated rings. The van der Waals surface area contributed by atoms with Crippen LogP contribution in [0, 0.1) is 0 Å². The second kappa shape index (κ2) is 9.52. The molecule has 0 radical (unpaired) electrons. The van der Waals surface area contributed by atoms with Gasteiger partial charge in [-0.3, -0.25) is 0 Å². The average molecular weight is 506 g/mol. The summed E-state index contributed by atoms with van der Waals surface area (Å²) >= 11 is 0. The molecule has 4 aromatic carbocycles. The van der Waals surface area contributed by atoms with Crippen molar-refractivity contribution in [3.8, 4) is 33.9 Å². The number of phenols is 1. The van der Waals surface area contributed by atoms with Crippen LogP contribution in [0.25, 0.3) is 33.2 Å². The smallest absolute Gasteiger partial charge is 0.335 e. The van der Waals surface area contributed by atoms with Crippen molar-refractivity contribution in [1.82, 2.24) is 4.98 Å². The van der Waals surface area contributed by atoms with E-state index in [9.17, 15) is 20.1 Å². The fourth-order valence-electron chi connectivity index (χ4n) is 4.38. The van der Waals surface area contributed by atoms with Crippen molar-refractivity contribution in [2.75, 3.05) is 0 Å². The highest BCUT2D eigenvalue weighted by Crippen LogP contribution is 2.41. The number of hydrogen-bond acceptors (Lipinski definition) is 5. The van der Waals surface area contributed by atoms with Crippen LogP contribution in [0.1, 0.15) is 36.7 Å². The van der Waals surface area contributed by atoms with Crippen LogP contribution >= 0.6 is 0 Å². The number of nitrogens with one attached hydrogen (secondary N) is 1. The van der Waals surface area contributed by atoms with Crippen molar-refractivity contribution in [2.45, 2.75) is 26.2 Å². The summed E-state index contributed by atoms with van der Waals surface area (Å²) in [5, 5.41) is 39.8. The number of carbonyl (C=O) groups is 1. The van der Waals surface area contributed by atoms with Crippen molar-refractivity contribution in [3.05, 3.63) is 96.1 Å². The van der Waals surface area contributed by atoms with Gasteiger partial charge in [0.1, 0.15) is 5.69 Å². The maximum absolute atomic E-state index is 11.3. The number of carboxylic acid groups (broad SMARTS) is 1. The molecule has 0 aliphatic carbocycles. The molecule has 1 heterocycles. The standard InChI is InChI=1S/C31H27N3O4/c1-31(2,3)22-13-10-18(11-14-22)19-12-15-24-26(17-19)32-29(36)27(24)34-33-25-9-5-8-23(28(25)35)20-6-4-7-21(16-20)30(37)38/h4-17,32,35-36H,1-3H3,(H,37,38). The predicted molar refractivity (Wildman–Crippen MR) is 149 cm³/mol. The molecular formula is C31H27N3O4. The van der Waals surface area contributed by atoms with Gasteiger partial charge in [0, 0.05) is 10.9 Å². The van der Waals surface area contributed by atoms with Gasteiger partial charge in [-0.1, -0.05) is 75.4 Å². The van der Waals surface area contributed by atoms with Crippen molar-refractivity contribution in [3.63, 3.8) is 0 Å².